The van der Waals surface area contributed by atoms with Crippen LogP contribution in [0.3, 0.4) is 0 Å². The molecule has 0 fully saturated rings. The Morgan fingerprint density at radius 1 is 1.25 bits per heavy atom. The van der Waals surface area contributed by atoms with Crippen LogP contribution in [0.4, 0.5) is 4.39 Å². The fourth-order valence-electron chi connectivity index (χ4n) is 1.74. The van der Waals surface area contributed by atoms with Crippen LogP contribution >= 0.6 is 0 Å². The Kier molecular flexibility index (Phi) is 4.45. The van der Waals surface area contributed by atoms with Crippen molar-refractivity contribution in [1.29, 1.82) is 0 Å². The van der Waals surface area contributed by atoms with Gasteiger partial charge in [-0.2, -0.15) is 0 Å². The maximum Gasteiger partial charge on any atom is 0.194 e. The monoisotopic (exact) mass is 273 g/mol. The molecule has 0 atom stereocenters. The summed E-state index contributed by atoms with van der Waals surface area (Å²) in [5.74, 6) is -0.106. The SMILES string of the molecule is CCCOc1cncc(C(=O)c2ccc(C)c(F)c2)c1. The molecule has 1 aromatic heterocycles. The average molecular weight is 273 g/mol. The van der Waals surface area contributed by atoms with Crippen LogP contribution in [0.25, 0.3) is 0 Å². The topological polar surface area (TPSA) is 39.2 Å². The number of nitrogens with zero attached hydrogens (tertiary/aromatic N) is 1. The number of ether oxygens (including phenoxy) is 1. The second-order valence-corrected chi connectivity index (χ2v) is 4.55. The van der Waals surface area contributed by atoms with Gasteiger partial charge in [0.05, 0.1) is 12.8 Å². The number of hydrogen-bond acceptors (Lipinski definition) is 3. The second-order valence-electron chi connectivity index (χ2n) is 4.55. The number of pyridine rings is 1. The molecule has 0 aliphatic carbocycles. The number of halogens is 1. The molecule has 0 N–H and O–H groups in total. The first kappa shape index (κ1) is 14.2. The predicted octanol–water partition coefficient (Wildman–Crippen LogP) is 3.55. The summed E-state index contributed by atoms with van der Waals surface area (Å²) in [6.45, 7) is 4.22. The second kappa shape index (κ2) is 6.28. The van der Waals surface area contributed by atoms with Crippen LogP contribution in [0.1, 0.15) is 34.8 Å². The van der Waals surface area contributed by atoms with Crippen molar-refractivity contribution >= 4 is 5.78 Å². The zero-order valence-electron chi connectivity index (χ0n) is 11.5. The first-order valence-electron chi connectivity index (χ1n) is 6.50. The molecule has 4 heteroatoms. The number of aromatic nitrogens is 1. The molecule has 0 amide bonds. The summed E-state index contributed by atoms with van der Waals surface area (Å²) in [5, 5.41) is 0. The molecule has 0 aliphatic rings. The molecule has 1 heterocycles. The molecule has 0 spiro atoms. The van der Waals surface area contributed by atoms with Gasteiger partial charge in [0, 0.05) is 17.3 Å². The van der Waals surface area contributed by atoms with Crippen LogP contribution < -0.4 is 4.74 Å². The van der Waals surface area contributed by atoms with Gasteiger partial charge in [0.2, 0.25) is 0 Å². The number of rotatable bonds is 5. The molecule has 3 nitrogen and oxygen atoms in total. The maximum atomic E-state index is 13.5. The Morgan fingerprint density at radius 3 is 2.75 bits per heavy atom. The van der Waals surface area contributed by atoms with E-state index in [2.05, 4.69) is 4.98 Å². The first-order valence-corrected chi connectivity index (χ1v) is 6.50. The number of carbonyl (C=O) groups excluding carboxylic acids is 1. The van der Waals surface area contributed by atoms with Gasteiger partial charge in [0.15, 0.2) is 5.78 Å². The number of carbonyl (C=O) groups is 1. The summed E-state index contributed by atoms with van der Waals surface area (Å²) in [6, 6.07) is 6.08. The fourth-order valence-corrected chi connectivity index (χ4v) is 1.74. The number of ketones is 1. The minimum atomic E-state index is -0.387. The van der Waals surface area contributed by atoms with Gasteiger partial charge < -0.3 is 4.74 Å². The van der Waals surface area contributed by atoms with E-state index in [9.17, 15) is 9.18 Å². The third-order valence-electron chi connectivity index (χ3n) is 2.88. The van der Waals surface area contributed by atoms with E-state index < -0.39 is 0 Å². The third-order valence-corrected chi connectivity index (χ3v) is 2.88. The molecule has 0 bridgehead atoms. The number of hydrogen-bond donors (Lipinski definition) is 0. The smallest absolute Gasteiger partial charge is 0.194 e. The van der Waals surface area contributed by atoms with Crippen molar-refractivity contribution in [3.8, 4) is 5.75 Å². The van der Waals surface area contributed by atoms with Crippen molar-refractivity contribution in [3.63, 3.8) is 0 Å². The lowest BCUT2D eigenvalue weighted by molar-refractivity contribution is 0.103. The molecule has 0 unspecified atom stereocenters. The van der Waals surface area contributed by atoms with Crippen LogP contribution in [0, 0.1) is 12.7 Å². The molecular weight excluding hydrogens is 257 g/mol. The van der Waals surface area contributed by atoms with Crippen LogP contribution in [0.5, 0.6) is 5.75 Å². The van der Waals surface area contributed by atoms with Crippen LogP contribution in [-0.2, 0) is 0 Å². The predicted molar refractivity (Wildman–Crippen MR) is 74.6 cm³/mol. The summed E-state index contributed by atoms with van der Waals surface area (Å²) in [7, 11) is 0. The van der Waals surface area contributed by atoms with E-state index >= 15 is 0 Å². The zero-order chi connectivity index (χ0) is 14.5. The summed E-state index contributed by atoms with van der Waals surface area (Å²) < 4.78 is 18.9. The molecule has 2 rings (SSSR count). The van der Waals surface area contributed by atoms with E-state index in [0.29, 0.717) is 29.0 Å². The van der Waals surface area contributed by atoms with E-state index in [-0.39, 0.29) is 11.6 Å². The summed E-state index contributed by atoms with van der Waals surface area (Å²) in [6.07, 6.45) is 3.89. The highest BCUT2D eigenvalue weighted by molar-refractivity contribution is 6.09. The average Bonchev–Trinajstić information content (AvgIpc) is 2.47. The first-order chi connectivity index (χ1) is 9.61. The van der Waals surface area contributed by atoms with Crippen molar-refractivity contribution in [2.45, 2.75) is 20.3 Å². The van der Waals surface area contributed by atoms with E-state index in [0.717, 1.165) is 6.42 Å². The van der Waals surface area contributed by atoms with Crippen molar-refractivity contribution in [3.05, 3.63) is 59.2 Å². The standard InChI is InChI=1S/C16H16FNO2/c1-3-6-20-14-7-13(9-18-10-14)16(19)12-5-4-11(2)15(17)8-12/h4-5,7-10H,3,6H2,1-2H3. The van der Waals surface area contributed by atoms with Crippen molar-refractivity contribution in [1.82, 2.24) is 4.98 Å². The van der Waals surface area contributed by atoms with Gasteiger partial charge in [0.1, 0.15) is 11.6 Å². The van der Waals surface area contributed by atoms with Crippen molar-refractivity contribution in [2.75, 3.05) is 6.61 Å². The van der Waals surface area contributed by atoms with Crippen LogP contribution in [0.2, 0.25) is 0 Å². The Balaban J connectivity index is 2.26. The lowest BCUT2D eigenvalue weighted by Crippen LogP contribution is -2.04. The zero-order valence-corrected chi connectivity index (χ0v) is 11.5. The van der Waals surface area contributed by atoms with Crippen LogP contribution in [-0.4, -0.2) is 17.4 Å². The van der Waals surface area contributed by atoms with Gasteiger partial charge in [-0.1, -0.05) is 19.1 Å². The molecule has 0 saturated carbocycles. The normalized spacial score (nSPS) is 10.3. The van der Waals surface area contributed by atoms with Gasteiger partial charge in [-0.3, -0.25) is 9.78 Å². The van der Waals surface area contributed by atoms with E-state index in [1.54, 1.807) is 31.3 Å². The van der Waals surface area contributed by atoms with E-state index in [4.69, 9.17) is 4.74 Å². The maximum absolute atomic E-state index is 13.5. The van der Waals surface area contributed by atoms with Gasteiger partial charge in [-0.25, -0.2) is 4.39 Å². The Labute approximate surface area is 117 Å². The highest BCUT2D eigenvalue weighted by atomic mass is 19.1. The fraction of sp³-hybridized carbons (Fsp3) is 0.250. The minimum absolute atomic E-state index is 0.265. The molecule has 1 aromatic carbocycles. The lowest BCUT2D eigenvalue weighted by Gasteiger charge is -2.06. The molecular formula is C16H16FNO2. The number of aryl methyl sites for hydroxylation is 1. The number of benzene rings is 1. The lowest BCUT2D eigenvalue weighted by atomic mass is 10.0. The molecule has 20 heavy (non-hydrogen) atoms. The molecule has 2 aromatic rings. The van der Waals surface area contributed by atoms with Gasteiger partial charge in [-0.15, -0.1) is 0 Å². The third kappa shape index (κ3) is 3.20. The highest BCUT2D eigenvalue weighted by Gasteiger charge is 2.12. The van der Waals surface area contributed by atoms with Gasteiger partial charge >= 0.3 is 0 Å². The Bertz CT molecular complexity index is 626. The highest BCUT2D eigenvalue weighted by Crippen LogP contribution is 2.17. The minimum Gasteiger partial charge on any atom is -0.492 e. The largest absolute Gasteiger partial charge is 0.492 e. The van der Waals surface area contributed by atoms with Gasteiger partial charge in [-0.05, 0) is 31.0 Å². The van der Waals surface area contributed by atoms with Crippen LogP contribution in [0.15, 0.2) is 36.7 Å². The summed E-state index contributed by atoms with van der Waals surface area (Å²) in [4.78, 5) is 16.3. The molecule has 0 saturated heterocycles. The summed E-state index contributed by atoms with van der Waals surface area (Å²) in [5.41, 5.74) is 1.21. The Hall–Kier alpha value is -2.23. The molecule has 104 valence electrons. The molecule has 0 aliphatic heterocycles. The van der Waals surface area contributed by atoms with E-state index in [1.807, 2.05) is 6.92 Å². The van der Waals surface area contributed by atoms with Crippen molar-refractivity contribution in [2.24, 2.45) is 0 Å². The van der Waals surface area contributed by atoms with Crippen molar-refractivity contribution < 1.29 is 13.9 Å². The Morgan fingerprint density at radius 2 is 2.05 bits per heavy atom. The molecule has 0 radical (unpaired) electrons. The van der Waals surface area contributed by atoms with E-state index in [1.165, 1.54) is 12.3 Å². The van der Waals surface area contributed by atoms with Gasteiger partial charge in [0.25, 0.3) is 0 Å². The quantitative estimate of drug-likeness (QED) is 0.782. The summed E-state index contributed by atoms with van der Waals surface area (Å²) >= 11 is 0.